The fourth-order valence-electron chi connectivity index (χ4n) is 1.45. The van der Waals surface area contributed by atoms with Gasteiger partial charge in [0.25, 0.3) is 0 Å². The van der Waals surface area contributed by atoms with E-state index in [1.165, 1.54) is 0 Å². The second-order valence-corrected chi connectivity index (χ2v) is 4.15. The first-order valence-electron chi connectivity index (χ1n) is 5.74. The third-order valence-corrected chi connectivity index (χ3v) is 2.47. The maximum absolute atomic E-state index is 5.90. The van der Waals surface area contributed by atoms with Crippen LogP contribution in [0.4, 0.5) is 5.82 Å². The van der Waals surface area contributed by atoms with E-state index in [4.69, 9.17) is 16.1 Å². The highest BCUT2D eigenvalue weighted by atomic mass is 35.5. The molecule has 0 spiro atoms. The Morgan fingerprint density at radius 1 is 1.33 bits per heavy atom. The molecule has 2 rings (SSSR count). The van der Waals surface area contributed by atoms with Crippen molar-refractivity contribution >= 4 is 17.4 Å². The van der Waals surface area contributed by atoms with Crippen molar-refractivity contribution in [3.8, 4) is 0 Å². The molecule has 0 bridgehead atoms. The lowest BCUT2D eigenvalue weighted by molar-refractivity contribution is 0.377. The Morgan fingerprint density at radius 2 is 2.17 bits per heavy atom. The molecule has 96 valence electrons. The lowest BCUT2D eigenvalue weighted by atomic mass is 10.4. The van der Waals surface area contributed by atoms with Gasteiger partial charge in [-0.2, -0.15) is 4.98 Å². The first-order chi connectivity index (χ1) is 8.67. The van der Waals surface area contributed by atoms with E-state index >= 15 is 0 Å². The van der Waals surface area contributed by atoms with E-state index in [9.17, 15) is 0 Å². The summed E-state index contributed by atoms with van der Waals surface area (Å²) in [7, 11) is 0. The summed E-state index contributed by atoms with van der Waals surface area (Å²) in [5.74, 6) is 2.68. The molecular weight excluding hydrogens is 254 g/mol. The van der Waals surface area contributed by atoms with Crippen LogP contribution in [0.1, 0.15) is 24.5 Å². The number of anilines is 1. The first kappa shape index (κ1) is 12.8. The predicted octanol–water partition coefficient (Wildman–Crippen LogP) is 2.04. The van der Waals surface area contributed by atoms with Crippen molar-refractivity contribution in [2.24, 2.45) is 0 Å². The fourth-order valence-corrected chi connectivity index (χ4v) is 1.65. The number of aromatic nitrogens is 4. The molecule has 0 radical (unpaired) electrons. The molecule has 2 aromatic heterocycles. The molecule has 0 amide bonds. The number of halogens is 1. The predicted molar refractivity (Wildman–Crippen MR) is 67.6 cm³/mol. The molecule has 0 atom stereocenters. The van der Waals surface area contributed by atoms with E-state index in [-0.39, 0.29) is 0 Å². The Labute approximate surface area is 110 Å². The van der Waals surface area contributed by atoms with Crippen molar-refractivity contribution in [3.63, 3.8) is 0 Å². The molecule has 0 aliphatic heterocycles. The summed E-state index contributed by atoms with van der Waals surface area (Å²) in [4.78, 5) is 12.5. The zero-order valence-corrected chi connectivity index (χ0v) is 11.0. The van der Waals surface area contributed by atoms with Gasteiger partial charge in [0, 0.05) is 25.5 Å². The van der Waals surface area contributed by atoms with Gasteiger partial charge in [0.1, 0.15) is 16.8 Å². The summed E-state index contributed by atoms with van der Waals surface area (Å²) in [5, 5.41) is 7.32. The van der Waals surface area contributed by atoms with Crippen LogP contribution in [0.25, 0.3) is 0 Å². The van der Waals surface area contributed by atoms with Crippen molar-refractivity contribution in [1.29, 1.82) is 0 Å². The molecule has 0 aliphatic carbocycles. The summed E-state index contributed by atoms with van der Waals surface area (Å²) >= 11 is 5.90. The first-order valence-corrected chi connectivity index (χ1v) is 6.11. The van der Waals surface area contributed by atoms with Gasteiger partial charge in [-0.25, -0.2) is 9.97 Å². The highest BCUT2D eigenvalue weighted by molar-refractivity contribution is 6.29. The van der Waals surface area contributed by atoms with Gasteiger partial charge >= 0.3 is 0 Å². The van der Waals surface area contributed by atoms with Crippen molar-refractivity contribution in [3.05, 3.63) is 28.8 Å². The third kappa shape index (κ3) is 3.40. The maximum Gasteiger partial charge on any atom is 0.228 e. The van der Waals surface area contributed by atoms with E-state index in [1.807, 2.05) is 6.92 Å². The van der Waals surface area contributed by atoms with E-state index < -0.39 is 0 Å². The Balaban J connectivity index is 1.91. The van der Waals surface area contributed by atoms with Crippen LogP contribution in [0.3, 0.4) is 0 Å². The minimum absolute atomic E-state index is 0.443. The highest BCUT2D eigenvalue weighted by Gasteiger charge is 2.04. The Morgan fingerprint density at radius 3 is 2.83 bits per heavy atom. The number of hydrogen-bond donors (Lipinski definition) is 1. The largest absolute Gasteiger partial charge is 0.369 e. The number of nitrogens with one attached hydrogen (secondary N) is 1. The summed E-state index contributed by atoms with van der Waals surface area (Å²) < 4.78 is 5.01. The molecule has 7 heteroatoms. The molecule has 18 heavy (non-hydrogen) atoms. The van der Waals surface area contributed by atoms with E-state index in [0.29, 0.717) is 35.7 Å². The average Bonchev–Trinajstić information content (AvgIpc) is 2.74. The van der Waals surface area contributed by atoms with Crippen molar-refractivity contribution < 1.29 is 4.52 Å². The zero-order valence-electron chi connectivity index (χ0n) is 10.3. The van der Waals surface area contributed by atoms with Crippen LogP contribution < -0.4 is 5.32 Å². The van der Waals surface area contributed by atoms with Gasteiger partial charge in [-0.15, -0.1) is 0 Å². The second-order valence-electron chi connectivity index (χ2n) is 3.76. The van der Waals surface area contributed by atoms with Crippen LogP contribution in [0, 0.1) is 6.92 Å². The molecule has 0 aromatic carbocycles. The minimum atomic E-state index is 0.443. The number of nitrogens with zero attached hydrogens (tertiary/aromatic N) is 4. The van der Waals surface area contributed by atoms with Gasteiger partial charge in [0.15, 0.2) is 5.82 Å². The smallest absolute Gasteiger partial charge is 0.228 e. The SMILES string of the molecule is CCc1nc(Cl)cc(NCCc2nc(C)no2)n1. The maximum atomic E-state index is 5.90. The lowest BCUT2D eigenvalue weighted by Gasteiger charge is -2.05. The lowest BCUT2D eigenvalue weighted by Crippen LogP contribution is -2.08. The van der Waals surface area contributed by atoms with E-state index in [2.05, 4.69) is 25.4 Å². The normalized spacial score (nSPS) is 10.6. The van der Waals surface area contributed by atoms with E-state index in [0.717, 1.165) is 12.2 Å². The second kappa shape index (κ2) is 5.77. The van der Waals surface area contributed by atoms with E-state index in [1.54, 1.807) is 13.0 Å². The van der Waals surface area contributed by atoms with Crippen LogP contribution in [0.5, 0.6) is 0 Å². The van der Waals surface area contributed by atoms with Crippen molar-refractivity contribution in [2.45, 2.75) is 26.7 Å². The van der Waals surface area contributed by atoms with Crippen LogP contribution in [0.15, 0.2) is 10.6 Å². The van der Waals surface area contributed by atoms with Gasteiger partial charge < -0.3 is 9.84 Å². The van der Waals surface area contributed by atoms with Gasteiger partial charge in [0.05, 0.1) is 0 Å². The average molecular weight is 268 g/mol. The highest BCUT2D eigenvalue weighted by Crippen LogP contribution is 2.11. The standard InChI is InChI=1S/C11H14ClN5O/c1-3-9-15-8(12)6-10(16-9)13-5-4-11-14-7(2)17-18-11/h6H,3-5H2,1-2H3,(H,13,15,16). The number of aryl methyl sites for hydroxylation is 2. The Bertz CT molecular complexity index is 528. The van der Waals surface area contributed by atoms with Crippen LogP contribution in [-0.2, 0) is 12.8 Å². The monoisotopic (exact) mass is 267 g/mol. The van der Waals surface area contributed by atoms with Crippen LogP contribution in [0.2, 0.25) is 5.15 Å². The Kier molecular flexibility index (Phi) is 4.09. The fraction of sp³-hybridized carbons (Fsp3) is 0.455. The molecule has 6 nitrogen and oxygen atoms in total. The molecule has 0 aliphatic rings. The number of hydrogen-bond acceptors (Lipinski definition) is 6. The molecule has 1 N–H and O–H groups in total. The van der Waals surface area contributed by atoms with Crippen LogP contribution in [-0.4, -0.2) is 26.7 Å². The van der Waals surface area contributed by atoms with Crippen LogP contribution >= 0.6 is 11.6 Å². The molecule has 2 heterocycles. The van der Waals surface area contributed by atoms with Gasteiger partial charge in [0.2, 0.25) is 5.89 Å². The summed E-state index contributed by atoms with van der Waals surface area (Å²) in [6.45, 7) is 4.42. The van der Waals surface area contributed by atoms with Gasteiger partial charge in [-0.1, -0.05) is 23.7 Å². The molecule has 0 unspecified atom stereocenters. The molecule has 2 aromatic rings. The van der Waals surface area contributed by atoms with Crippen molar-refractivity contribution in [1.82, 2.24) is 20.1 Å². The van der Waals surface area contributed by atoms with Gasteiger partial charge in [-0.05, 0) is 6.92 Å². The summed E-state index contributed by atoms with van der Waals surface area (Å²) in [5.41, 5.74) is 0. The Hall–Kier alpha value is -1.69. The molecular formula is C11H14ClN5O. The van der Waals surface area contributed by atoms with Gasteiger partial charge in [-0.3, -0.25) is 0 Å². The summed E-state index contributed by atoms with van der Waals surface area (Å²) in [6.07, 6.45) is 1.39. The van der Waals surface area contributed by atoms with Crippen molar-refractivity contribution in [2.75, 3.05) is 11.9 Å². The topological polar surface area (TPSA) is 76.7 Å². The zero-order chi connectivity index (χ0) is 13.0. The molecule has 0 saturated carbocycles. The molecule has 0 fully saturated rings. The summed E-state index contributed by atoms with van der Waals surface area (Å²) in [6, 6.07) is 1.69. The number of rotatable bonds is 5. The molecule has 0 saturated heterocycles. The minimum Gasteiger partial charge on any atom is -0.369 e. The third-order valence-electron chi connectivity index (χ3n) is 2.27. The quantitative estimate of drug-likeness (QED) is 0.836.